The fourth-order valence-corrected chi connectivity index (χ4v) is 2.67. The van der Waals surface area contributed by atoms with Crippen LogP contribution >= 0.6 is 45.7 Å². The van der Waals surface area contributed by atoms with Gasteiger partial charge in [0, 0.05) is 6.42 Å². The number of amidine groups is 1. The Bertz CT molecular complexity index is 323. The SMILES string of the molecule is CC(C)C/C(=N/I)N(I)c1ccccc1. The first kappa shape index (κ1) is 13.2. The van der Waals surface area contributed by atoms with Crippen molar-refractivity contribution in [3.63, 3.8) is 0 Å². The molecule has 1 rings (SSSR count). The molecule has 1 aromatic carbocycles. The molecule has 0 aliphatic carbocycles. The first-order valence-electron chi connectivity index (χ1n) is 4.84. The second kappa shape index (κ2) is 6.67. The van der Waals surface area contributed by atoms with Crippen LogP contribution in [0.25, 0.3) is 0 Å². The number of hydrogen-bond donors (Lipinski definition) is 0. The van der Waals surface area contributed by atoms with E-state index in [1.165, 1.54) is 5.69 Å². The van der Waals surface area contributed by atoms with Crippen molar-refractivity contribution in [3.8, 4) is 0 Å². The lowest BCUT2D eigenvalue weighted by atomic mass is 10.1. The van der Waals surface area contributed by atoms with Crippen molar-refractivity contribution in [2.24, 2.45) is 9.12 Å². The molecule has 0 bridgehead atoms. The van der Waals surface area contributed by atoms with Crippen LogP contribution in [-0.4, -0.2) is 5.84 Å². The predicted molar refractivity (Wildman–Crippen MR) is 83.9 cm³/mol. The number of nitrogens with zero attached hydrogens (tertiary/aromatic N) is 2. The van der Waals surface area contributed by atoms with Crippen molar-refractivity contribution >= 4 is 57.3 Å². The molecule has 0 saturated carbocycles. The Morgan fingerprint density at radius 2 is 1.93 bits per heavy atom. The second-order valence-electron chi connectivity index (χ2n) is 3.72. The molecule has 2 nitrogen and oxygen atoms in total. The highest BCUT2D eigenvalue weighted by Gasteiger charge is 2.11. The second-order valence-corrected chi connectivity index (χ2v) is 5.16. The van der Waals surface area contributed by atoms with Gasteiger partial charge in [0.1, 0.15) is 5.84 Å². The summed E-state index contributed by atoms with van der Waals surface area (Å²) in [6.45, 7) is 4.41. The highest BCUT2D eigenvalue weighted by molar-refractivity contribution is 14.1. The maximum atomic E-state index is 4.31. The standard InChI is InChI=1S/C11H14I2N2/c1-9(2)8-11(14-12)15(13)10-6-4-3-5-7-10/h3-7,9H,8H2,1-2H3/b14-11-. The van der Waals surface area contributed by atoms with Gasteiger partial charge in [0.05, 0.1) is 51.4 Å². The van der Waals surface area contributed by atoms with E-state index in [0.29, 0.717) is 5.92 Å². The van der Waals surface area contributed by atoms with E-state index in [2.05, 4.69) is 78.0 Å². The molecule has 0 N–H and O–H groups in total. The van der Waals surface area contributed by atoms with Crippen LogP contribution in [0.5, 0.6) is 0 Å². The number of anilines is 1. The first-order valence-corrected chi connectivity index (χ1v) is 6.77. The molecule has 0 unspecified atom stereocenters. The summed E-state index contributed by atoms with van der Waals surface area (Å²) in [7, 11) is 0. The van der Waals surface area contributed by atoms with Crippen LogP contribution in [0.3, 0.4) is 0 Å². The zero-order valence-corrected chi connectivity index (χ0v) is 13.1. The highest BCUT2D eigenvalue weighted by Crippen LogP contribution is 2.21. The Morgan fingerprint density at radius 1 is 1.33 bits per heavy atom. The molecule has 0 spiro atoms. The summed E-state index contributed by atoms with van der Waals surface area (Å²) in [4.78, 5) is 0. The summed E-state index contributed by atoms with van der Waals surface area (Å²) in [5.41, 5.74) is 1.18. The van der Waals surface area contributed by atoms with E-state index in [4.69, 9.17) is 0 Å². The van der Waals surface area contributed by atoms with Crippen LogP contribution in [0.4, 0.5) is 5.69 Å². The van der Waals surface area contributed by atoms with Crippen molar-refractivity contribution in [1.82, 2.24) is 0 Å². The van der Waals surface area contributed by atoms with E-state index in [1.807, 2.05) is 18.2 Å². The molecule has 0 saturated heterocycles. The van der Waals surface area contributed by atoms with Crippen molar-refractivity contribution < 1.29 is 0 Å². The highest BCUT2D eigenvalue weighted by atomic mass is 127. The van der Waals surface area contributed by atoms with Gasteiger partial charge in [-0.2, -0.15) is 0 Å². The lowest BCUT2D eigenvalue weighted by Gasteiger charge is -2.19. The smallest absolute Gasteiger partial charge is 0.124 e. The molecule has 0 radical (unpaired) electrons. The quantitative estimate of drug-likeness (QED) is 0.297. The van der Waals surface area contributed by atoms with Crippen molar-refractivity contribution in [1.29, 1.82) is 0 Å². The molecule has 4 heteroatoms. The molecule has 0 aromatic heterocycles. The summed E-state index contributed by atoms with van der Waals surface area (Å²) in [6.07, 6.45) is 1.00. The number of para-hydroxylation sites is 1. The van der Waals surface area contributed by atoms with Crippen LogP contribution in [0.2, 0.25) is 0 Å². The number of rotatable bonds is 3. The van der Waals surface area contributed by atoms with Gasteiger partial charge in [0.15, 0.2) is 0 Å². The van der Waals surface area contributed by atoms with Gasteiger partial charge < -0.3 is 0 Å². The van der Waals surface area contributed by atoms with Crippen LogP contribution in [-0.2, 0) is 0 Å². The van der Waals surface area contributed by atoms with E-state index in [1.54, 1.807) is 0 Å². The van der Waals surface area contributed by atoms with E-state index in [9.17, 15) is 0 Å². The van der Waals surface area contributed by atoms with Gasteiger partial charge >= 0.3 is 0 Å². The van der Waals surface area contributed by atoms with E-state index in [-0.39, 0.29) is 0 Å². The molecule has 0 aliphatic heterocycles. The molecule has 1 aromatic rings. The third kappa shape index (κ3) is 4.26. The Balaban J connectivity index is 2.79. The fraction of sp³-hybridized carbons (Fsp3) is 0.364. The zero-order valence-electron chi connectivity index (χ0n) is 8.82. The molecule has 0 atom stereocenters. The molecular formula is C11H14I2N2. The minimum atomic E-state index is 0.625. The Hall–Kier alpha value is 0.150. The summed E-state index contributed by atoms with van der Waals surface area (Å²) < 4.78 is 6.42. The molecule has 0 amide bonds. The van der Waals surface area contributed by atoms with Crippen LogP contribution in [0.1, 0.15) is 20.3 Å². The van der Waals surface area contributed by atoms with Crippen LogP contribution < -0.4 is 3.11 Å². The third-order valence-corrected chi connectivity index (χ3v) is 3.57. The summed E-state index contributed by atoms with van der Waals surface area (Å²) in [5, 5.41) is 0. The minimum absolute atomic E-state index is 0.625. The van der Waals surface area contributed by atoms with E-state index >= 15 is 0 Å². The van der Waals surface area contributed by atoms with Crippen LogP contribution in [0.15, 0.2) is 33.5 Å². The summed E-state index contributed by atoms with van der Waals surface area (Å²) in [5.74, 6) is 1.73. The van der Waals surface area contributed by atoms with E-state index < -0.39 is 0 Å². The monoisotopic (exact) mass is 428 g/mol. The zero-order chi connectivity index (χ0) is 11.3. The Morgan fingerprint density at radius 3 is 2.40 bits per heavy atom. The maximum Gasteiger partial charge on any atom is 0.124 e. The van der Waals surface area contributed by atoms with Crippen molar-refractivity contribution in [3.05, 3.63) is 30.3 Å². The fourth-order valence-electron chi connectivity index (χ4n) is 1.22. The van der Waals surface area contributed by atoms with Crippen molar-refractivity contribution in [2.75, 3.05) is 3.11 Å². The number of hydrogen-bond acceptors (Lipinski definition) is 1. The lowest BCUT2D eigenvalue weighted by Crippen LogP contribution is -2.21. The van der Waals surface area contributed by atoms with Gasteiger partial charge in [0.25, 0.3) is 0 Å². The molecule has 15 heavy (non-hydrogen) atoms. The Kier molecular flexibility index (Phi) is 5.88. The molecular weight excluding hydrogens is 414 g/mol. The molecule has 0 aliphatic rings. The third-order valence-electron chi connectivity index (χ3n) is 1.90. The van der Waals surface area contributed by atoms with Gasteiger partial charge in [-0.05, 0) is 18.1 Å². The number of benzene rings is 1. The molecule has 0 heterocycles. The maximum absolute atomic E-state index is 4.31. The number of halogens is 2. The topological polar surface area (TPSA) is 15.6 Å². The van der Waals surface area contributed by atoms with Crippen molar-refractivity contribution in [2.45, 2.75) is 20.3 Å². The summed E-state index contributed by atoms with van der Waals surface area (Å²) >= 11 is 4.37. The lowest BCUT2D eigenvalue weighted by molar-refractivity contribution is 0.683. The average Bonchev–Trinajstić information content (AvgIpc) is 2.26. The minimum Gasteiger partial charge on any atom is -0.270 e. The van der Waals surface area contributed by atoms with E-state index in [0.717, 1.165) is 12.3 Å². The van der Waals surface area contributed by atoms with Gasteiger partial charge in [-0.25, -0.2) is 3.21 Å². The molecule has 0 fully saturated rings. The van der Waals surface area contributed by atoms with Gasteiger partial charge in [-0.3, -0.25) is 3.11 Å². The molecule has 82 valence electrons. The van der Waals surface area contributed by atoms with Gasteiger partial charge in [-0.15, -0.1) is 0 Å². The average molecular weight is 428 g/mol. The van der Waals surface area contributed by atoms with Gasteiger partial charge in [-0.1, -0.05) is 32.0 Å². The largest absolute Gasteiger partial charge is 0.270 e. The van der Waals surface area contributed by atoms with Gasteiger partial charge in [0.2, 0.25) is 0 Å². The Labute approximate surface area is 119 Å². The predicted octanol–water partition coefficient (Wildman–Crippen LogP) is 4.64. The normalized spacial score (nSPS) is 11.9. The summed E-state index contributed by atoms with van der Waals surface area (Å²) in [6, 6.07) is 10.3. The van der Waals surface area contributed by atoms with Crippen LogP contribution in [0, 0.1) is 5.92 Å². The first-order chi connectivity index (χ1) is 7.15.